The van der Waals surface area contributed by atoms with Gasteiger partial charge in [0.05, 0.1) is 25.7 Å². The molecule has 3 nitrogen and oxygen atoms in total. The van der Waals surface area contributed by atoms with Gasteiger partial charge < -0.3 is 14.3 Å². The minimum Gasteiger partial charge on any atom is -0.501 e. The van der Waals surface area contributed by atoms with Gasteiger partial charge in [-0.15, -0.1) is 0 Å². The van der Waals surface area contributed by atoms with E-state index >= 15 is 0 Å². The second kappa shape index (κ2) is 30.7. The normalized spacial score (nSPS) is 11.0. The smallest absolute Gasteiger partial charge is 0.126 e. The summed E-state index contributed by atoms with van der Waals surface area (Å²) in [7, 11) is 3.34. The number of hydrogen-bond acceptors (Lipinski definition) is 3. The van der Waals surface area contributed by atoms with E-state index in [0.29, 0.717) is 5.41 Å². The van der Waals surface area contributed by atoms with E-state index in [4.69, 9.17) is 9.47 Å². The van der Waals surface area contributed by atoms with E-state index in [0.717, 1.165) is 34.6 Å². The summed E-state index contributed by atoms with van der Waals surface area (Å²) >= 11 is 0. The lowest BCUT2D eigenvalue weighted by atomic mass is 9.79. The molecule has 40 heavy (non-hydrogen) atoms. The number of carbonyl (C=O) groups is 1. The summed E-state index contributed by atoms with van der Waals surface area (Å²) in [6.07, 6.45) is 15.4. The number of methoxy groups -OCH3 is 2. The standard InChI is InChI=1S/C13H16O.C10H22.C9H14O.C3H6O.C2H6/c1-4-13(14-3)10-11(2)12-8-6-5-7-9-12;1-5-8-10(4,7-3)9-6-2;1-5-8(2)6-7-9(3)10-4;1-3(2)4;1-2/h5-10H,2,4H2,1,3H3;5-9H2,1-4H3;5-7H,1H2,2-4H3;1-2H3;1-2H3/b13-10-;;8-6-,9-7+;;. The topological polar surface area (TPSA) is 35.5 Å². The zero-order chi connectivity index (χ0) is 32.0. The van der Waals surface area contributed by atoms with Crippen molar-refractivity contribution in [3.8, 4) is 0 Å². The van der Waals surface area contributed by atoms with Crippen LogP contribution in [0.5, 0.6) is 0 Å². The number of rotatable bonds is 12. The Kier molecular flexibility index (Phi) is 34.0. The summed E-state index contributed by atoms with van der Waals surface area (Å²) in [5, 5.41) is 0. The molecule has 1 aromatic rings. The molecule has 0 atom stereocenters. The summed E-state index contributed by atoms with van der Waals surface area (Å²) < 4.78 is 10.1. The molecule has 1 aromatic carbocycles. The van der Waals surface area contributed by atoms with Gasteiger partial charge in [0, 0.05) is 6.42 Å². The van der Waals surface area contributed by atoms with Crippen LogP contribution in [0.2, 0.25) is 0 Å². The Morgan fingerprint density at radius 2 is 1.35 bits per heavy atom. The van der Waals surface area contributed by atoms with Gasteiger partial charge in [-0.2, -0.15) is 0 Å². The predicted octanol–water partition coefficient (Wildman–Crippen LogP) is 11.9. The number of carbonyl (C=O) groups excluding carboxylic acids is 1. The highest BCUT2D eigenvalue weighted by Crippen LogP contribution is 2.32. The summed E-state index contributed by atoms with van der Waals surface area (Å²) in [6.45, 7) is 29.9. The van der Waals surface area contributed by atoms with Crippen LogP contribution in [0.15, 0.2) is 84.9 Å². The van der Waals surface area contributed by atoms with Crippen molar-refractivity contribution < 1.29 is 14.3 Å². The molecule has 0 amide bonds. The molecule has 3 heteroatoms. The molecule has 0 fully saturated rings. The number of ketones is 1. The van der Waals surface area contributed by atoms with Crippen molar-refractivity contribution in [1.29, 1.82) is 0 Å². The van der Waals surface area contributed by atoms with Gasteiger partial charge in [0.1, 0.15) is 5.78 Å². The Morgan fingerprint density at radius 1 is 0.875 bits per heavy atom. The SMILES string of the molecule is C=C(/C=C(/CC)OC)c1ccccc1.C=C/C(C)=C\C=C(/C)OC.CC.CC(C)=O.CCCC(C)(CC)CCC. The summed E-state index contributed by atoms with van der Waals surface area (Å²) in [5.41, 5.74) is 3.90. The van der Waals surface area contributed by atoms with Crippen molar-refractivity contribution >= 4 is 11.4 Å². The van der Waals surface area contributed by atoms with Crippen LogP contribution in [-0.4, -0.2) is 20.0 Å². The molecule has 1 rings (SSSR count). The zero-order valence-corrected chi connectivity index (χ0v) is 28.6. The predicted molar refractivity (Wildman–Crippen MR) is 181 cm³/mol. The lowest BCUT2D eigenvalue weighted by molar-refractivity contribution is -0.115. The van der Waals surface area contributed by atoms with Crippen molar-refractivity contribution in [2.24, 2.45) is 5.41 Å². The highest BCUT2D eigenvalue weighted by atomic mass is 16.5. The highest BCUT2D eigenvalue weighted by molar-refractivity contribution is 5.72. The first-order chi connectivity index (χ1) is 18.9. The van der Waals surface area contributed by atoms with Gasteiger partial charge in [-0.3, -0.25) is 0 Å². The molecule has 0 spiro atoms. The Bertz CT molecular complexity index is 825. The molecular weight excluding hydrogens is 492 g/mol. The number of ether oxygens (including phenoxy) is 2. The van der Waals surface area contributed by atoms with Gasteiger partial charge in [0.2, 0.25) is 0 Å². The number of Topliss-reactive ketones (excluding diaryl/α,β-unsaturated/α-hetero) is 1. The molecule has 0 aliphatic rings. The van der Waals surface area contributed by atoms with E-state index in [1.807, 2.05) is 76.3 Å². The molecule has 0 saturated carbocycles. The van der Waals surface area contributed by atoms with E-state index < -0.39 is 0 Å². The zero-order valence-electron chi connectivity index (χ0n) is 28.6. The number of allylic oxidation sites excluding steroid dienone is 8. The molecular formula is C37H64O3. The van der Waals surface area contributed by atoms with Gasteiger partial charge >= 0.3 is 0 Å². The number of benzene rings is 1. The second-order valence-corrected chi connectivity index (χ2v) is 9.73. The minimum absolute atomic E-state index is 0.167. The monoisotopic (exact) mass is 556 g/mol. The Labute approximate surface area is 250 Å². The molecule has 230 valence electrons. The van der Waals surface area contributed by atoms with E-state index in [1.54, 1.807) is 20.3 Å². The van der Waals surface area contributed by atoms with Crippen molar-refractivity contribution in [2.75, 3.05) is 14.2 Å². The van der Waals surface area contributed by atoms with Crippen molar-refractivity contribution in [2.45, 2.75) is 115 Å². The fourth-order valence-electron chi connectivity index (χ4n) is 3.31. The molecule has 0 radical (unpaired) electrons. The van der Waals surface area contributed by atoms with Gasteiger partial charge in [0.25, 0.3) is 0 Å². The maximum Gasteiger partial charge on any atom is 0.126 e. The second-order valence-electron chi connectivity index (χ2n) is 9.73. The van der Waals surface area contributed by atoms with Gasteiger partial charge in [0.15, 0.2) is 0 Å². The average molecular weight is 557 g/mol. The summed E-state index contributed by atoms with van der Waals surface area (Å²) in [6, 6.07) is 10.1. The minimum atomic E-state index is 0.167. The van der Waals surface area contributed by atoms with Crippen molar-refractivity contribution in [1.82, 2.24) is 0 Å². The largest absolute Gasteiger partial charge is 0.501 e. The highest BCUT2D eigenvalue weighted by Gasteiger charge is 2.18. The summed E-state index contributed by atoms with van der Waals surface area (Å²) in [5.74, 6) is 2.03. The van der Waals surface area contributed by atoms with E-state index in [1.165, 1.54) is 46.0 Å². The third-order valence-electron chi connectivity index (χ3n) is 5.88. The summed E-state index contributed by atoms with van der Waals surface area (Å²) in [4.78, 5) is 9.44. The van der Waals surface area contributed by atoms with Crippen LogP contribution in [0.25, 0.3) is 5.57 Å². The molecule has 0 N–H and O–H groups in total. The van der Waals surface area contributed by atoms with Crippen molar-refractivity contribution in [3.63, 3.8) is 0 Å². The lowest BCUT2D eigenvalue weighted by Crippen LogP contribution is -2.13. The first kappa shape index (κ1) is 44.2. The maximum absolute atomic E-state index is 9.44. The third kappa shape index (κ3) is 29.7. The fraction of sp³-hybridized carbons (Fsp3) is 0.541. The van der Waals surface area contributed by atoms with Crippen LogP contribution in [-0.2, 0) is 14.3 Å². The quantitative estimate of drug-likeness (QED) is 0.190. The third-order valence-corrected chi connectivity index (χ3v) is 5.88. The van der Waals surface area contributed by atoms with Crippen LogP contribution < -0.4 is 0 Å². The Balaban J connectivity index is -0.000000225. The van der Waals surface area contributed by atoms with Crippen molar-refractivity contribution in [3.05, 3.63) is 90.4 Å². The van der Waals surface area contributed by atoms with E-state index in [-0.39, 0.29) is 5.78 Å². The van der Waals surface area contributed by atoms with Crippen LogP contribution in [0.1, 0.15) is 120 Å². The first-order valence-corrected chi connectivity index (χ1v) is 14.9. The van der Waals surface area contributed by atoms with E-state index in [9.17, 15) is 4.79 Å². The molecule has 0 heterocycles. The maximum atomic E-state index is 9.44. The average Bonchev–Trinajstić information content (AvgIpc) is 2.96. The first-order valence-electron chi connectivity index (χ1n) is 14.9. The van der Waals surface area contributed by atoms with Crippen LogP contribution in [0.4, 0.5) is 0 Å². The van der Waals surface area contributed by atoms with Crippen LogP contribution in [0, 0.1) is 5.41 Å². The molecule has 0 saturated heterocycles. The van der Waals surface area contributed by atoms with E-state index in [2.05, 4.69) is 47.8 Å². The number of hydrogen-bond donors (Lipinski definition) is 0. The van der Waals surface area contributed by atoms with Gasteiger partial charge in [-0.05, 0) is 69.2 Å². The van der Waals surface area contributed by atoms with Gasteiger partial charge in [-0.1, -0.05) is 129 Å². The molecule has 0 aromatic heterocycles. The molecule has 0 unspecified atom stereocenters. The van der Waals surface area contributed by atoms with Crippen LogP contribution >= 0.6 is 0 Å². The lowest BCUT2D eigenvalue weighted by Gasteiger charge is -2.27. The molecule has 0 bridgehead atoms. The van der Waals surface area contributed by atoms with Gasteiger partial charge in [-0.25, -0.2) is 0 Å². The molecule has 0 aliphatic heterocycles. The Morgan fingerprint density at radius 3 is 1.68 bits per heavy atom. The Hall–Kier alpha value is -2.81. The molecule has 0 aliphatic carbocycles. The fourth-order valence-corrected chi connectivity index (χ4v) is 3.31. The van der Waals surface area contributed by atoms with Crippen LogP contribution in [0.3, 0.4) is 0 Å².